The Labute approximate surface area is 115 Å². The normalized spacial score (nSPS) is 13.8. The highest BCUT2D eigenvalue weighted by Crippen LogP contribution is 2.02. The lowest BCUT2D eigenvalue weighted by molar-refractivity contribution is 0.181. The lowest BCUT2D eigenvalue weighted by atomic mass is 10.1. The van der Waals surface area contributed by atoms with Crippen LogP contribution in [0.3, 0.4) is 0 Å². The summed E-state index contributed by atoms with van der Waals surface area (Å²) >= 11 is 0. The van der Waals surface area contributed by atoms with Gasteiger partial charge in [-0.1, -0.05) is 20.8 Å². The molecular formula is C15H35N3. The van der Waals surface area contributed by atoms with Gasteiger partial charge in [-0.2, -0.15) is 0 Å². The second kappa shape index (κ2) is 10.8. The van der Waals surface area contributed by atoms with Crippen molar-refractivity contribution in [3.8, 4) is 0 Å². The van der Waals surface area contributed by atoms with Crippen LogP contribution in [0, 0.1) is 0 Å². The van der Waals surface area contributed by atoms with Crippen LogP contribution in [0.2, 0.25) is 0 Å². The first kappa shape index (κ1) is 17.9. The zero-order chi connectivity index (χ0) is 14.0. The Morgan fingerprint density at radius 2 is 1.56 bits per heavy atom. The number of nitrogens with one attached hydrogen (secondary N) is 1. The van der Waals surface area contributed by atoms with E-state index in [0.29, 0.717) is 12.1 Å². The van der Waals surface area contributed by atoms with Crippen LogP contribution in [0.4, 0.5) is 0 Å². The van der Waals surface area contributed by atoms with Gasteiger partial charge in [0.1, 0.15) is 0 Å². The molecule has 0 rings (SSSR count). The molecule has 3 heteroatoms. The van der Waals surface area contributed by atoms with Crippen molar-refractivity contribution in [3.05, 3.63) is 0 Å². The zero-order valence-corrected chi connectivity index (χ0v) is 13.5. The van der Waals surface area contributed by atoms with Gasteiger partial charge in [0.25, 0.3) is 0 Å². The van der Waals surface area contributed by atoms with Crippen molar-refractivity contribution in [2.24, 2.45) is 0 Å². The topological polar surface area (TPSA) is 18.5 Å². The molecule has 0 bridgehead atoms. The van der Waals surface area contributed by atoms with E-state index in [2.05, 4.69) is 56.9 Å². The molecular weight excluding hydrogens is 222 g/mol. The predicted molar refractivity (Wildman–Crippen MR) is 82.3 cm³/mol. The Kier molecular flexibility index (Phi) is 10.7. The van der Waals surface area contributed by atoms with Gasteiger partial charge >= 0.3 is 0 Å². The van der Waals surface area contributed by atoms with Gasteiger partial charge in [-0.25, -0.2) is 0 Å². The standard InChI is InChI=1S/C15H35N3/c1-7-10-18(12-11-17(5)6)14(4)13-16-15(8-2)9-3/h14-16H,7-13H2,1-6H3. The molecule has 0 radical (unpaired) electrons. The number of nitrogens with zero attached hydrogens (tertiary/aromatic N) is 2. The van der Waals surface area contributed by atoms with Crippen LogP contribution in [0.15, 0.2) is 0 Å². The molecule has 0 heterocycles. The number of rotatable bonds is 11. The average molecular weight is 257 g/mol. The van der Waals surface area contributed by atoms with Crippen LogP contribution in [0.25, 0.3) is 0 Å². The van der Waals surface area contributed by atoms with E-state index in [1.807, 2.05) is 0 Å². The van der Waals surface area contributed by atoms with Crippen LogP contribution in [0.1, 0.15) is 47.0 Å². The molecule has 0 aliphatic rings. The maximum absolute atomic E-state index is 3.69. The van der Waals surface area contributed by atoms with Crippen LogP contribution < -0.4 is 5.32 Å². The summed E-state index contributed by atoms with van der Waals surface area (Å²) < 4.78 is 0. The SMILES string of the molecule is CCCN(CCN(C)C)C(C)CNC(CC)CC. The molecule has 0 aliphatic heterocycles. The van der Waals surface area contributed by atoms with Crippen molar-refractivity contribution in [1.82, 2.24) is 15.1 Å². The fraction of sp³-hybridized carbons (Fsp3) is 1.00. The van der Waals surface area contributed by atoms with E-state index < -0.39 is 0 Å². The van der Waals surface area contributed by atoms with Crippen molar-refractivity contribution in [2.45, 2.75) is 59.0 Å². The van der Waals surface area contributed by atoms with Gasteiger partial charge in [0.2, 0.25) is 0 Å². The quantitative estimate of drug-likeness (QED) is 0.613. The molecule has 18 heavy (non-hydrogen) atoms. The van der Waals surface area contributed by atoms with E-state index in [4.69, 9.17) is 0 Å². The van der Waals surface area contributed by atoms with Crippen LogP contribution >= 0.6 is 0 Å². The lowest BCUT2D eigenvalue weighted by Gasteiger charge is -2.31. The monoisotopic (exact) mass is 257 g/mol. The molecule has 3 nitrogen and oxygen atoms in total. The molecule has 0 fully saturated rings. The highest BCUT2D eigenvalue weighted by atomic mass is 15.2. The minimum atomic E-state index is 0.630. The van der Waals surface area contributed by atoms with E-state index in [-0.39, 0.29) is 0 Å². The fourth-order valence-corrected chi connectivity index (χ4v) is 2.21. The summed E-state index contributed by atoms with van der Waals surface area (Å²) in [6.45, 7) is 13.8. The Morgan fingerprint density at radius 1 is 0.944 bits per heavy atom. The molecule has 0 aromatic heterocycles. The summed E-state index contributed by atoms with van der Waals surface area (Å²) in [6, 6.07) is 1.32. The van der Waals surface area contributed by atoms with E-state index in [1.165, 1.54) is 32.4 Å². The molecule has 0 aromatic rings. The minimum absolute atomic E-state index is 0.630. The maximum atomic E-state index is 3.69. The first-order valence-electron chi connectivity index (χ1n) is 7.67. The molecule has 1 unspecified atom stereocenters. The molecule has 0 saturated carbocycles. The molecule has 0 saturated heterocycles. The Bertz CT molecular complexity index is 179. The summed E-state index contributed by atoms with van der Waals surface area (Å²) in [5.74, 6) is 0. The van der Waals surface area contributed by atoms with E-state index >= 15 is 0 Å². The average Bonchev–Trinajstić information content (AvgIpc) is 2.35. The third-order valence-electron chi connectivity index (χ3n) is 3.66. The van der Waals surface area contributed by atoms with Gasteiger partial charge in [-0.15, -0.1) is 0 Å². The molecule has 1 N–H and O–H groups in total. The van der Waals surface area contributed by atoms with Gasteiger partial charge in [-0.05, 0) is 46.8 Å². The van der Waals surface area contributed by atoms with Crippen LogP contribution in [0.5, 0.6) is 0 Å². The minimum Gasteiger partial charge on any atom is -0.312 e. The molecule has 0 aromatic carbocycles. The lowest BCUT2D eigenvalue weighted by Crippen LogP contribution is -2.45. The number of hydrogen-bond acceptors (Lipinski definition) is 3. The molecule has 110 valence electrons. The van der Waals surface area contributed by atoms with Crippen molar-refractivity contribution in [1.29, 1.82) is 0 Å². The zero-order valence-electron chi connectivity index (χ0n) is 13.5. The van der Waals surface area contributed by atoms with Gasteiger partial charge in [0, 0.05) is 31.7 Å². The summed E-state index contributed by atoms with van der Waals surface area (Å²) in [5, 5.41) is 3.69. The second-order valence-corrected chi connectivity index (χ2v) is 5.61. The van der Waals surface area contributed by atoms with Crippen molar-refractivity contribution >= 4 is 0 Å². The summed E-state index contributed by atoms with van der Waals surface area (Å²) in [7, 11) is 4.30. The second-order valence-electron chi connectivity index (χ2n) is 5.61. The van der Waals surface area contributed by atoms with Crippen molar-refractivity contribution in [3.63, 3.8) is 0 Å². The molecule has 1 atom stereocenters. The van der Waals surface area contributed by atoms with Gasteiger partial charge in [-0.3, -0.25) is 4.90 Å². The third kappa shape index (κ3) is 8.06. The molecule has 0 aliphatic carbocycles. The van der Waals surface area contributed by atoms with E-state index in [9.17, 15) is 0 Å². The van der Waals surface area contributed by atoms with Crippen molar-refractivity contribution < 1.29 is 0 Å². The highest BCUT2D eigenvalue weighted by molar-refractivity contribution is 4.73. The number of hydrogen-bond donors (Lipinski definition) is 1. The highest BCUT2D eigenvalue weighted by Gasteiger charge is 2.14. The Balaban J connectivity index is 4.07. The Hall–Kier alpha value is -0.120. The van der Waals surface area contributed by atoms with Gasteiger partial charge < -0.3 is 10.2 Å². The van der Waals surface area contributed by atoms with E-state index in [1.54, 1.807) is 0 Å². The third-order valence-corrected chi connectivity index (χ3v) is 3.66. The fourth-order valence-electron chi connectivity index (χ4n) is 2.21. The first-order chi connectivity index (χ1) is 8.54. The first-order valence-corrected chi connectivity index (χ1v) is 7.67. The van der Waals surface area contributed by atoms with Crippen molar-refractivity contribution in [2.75, 3.05) is 40.3 Å². The van der Waals surface area contributed by atoms with E-state index in [0.717, 1.165) is 13.1 Å². The van der Waals surface area contributed by atoms with Gasteiger partial charge in [0.05, 0.1) is 0 Å². The Morgan fingerprint density at radius 3 is 2.00 bits per heavy atom. The summed E-state index contributed by atoms with van der Waals surface area (Å²) in [4.78, 5) is 4.87. The molecule has 0 spiro atoms. The predicted octanol–water partition coefficient (Wildman–Crippen LogP) is 2.43. The van der Waals surface area contributed by atoms with Crippen LogP contribution in [-0.2, 0) is 0 Å². The summed E-state index contributed by atoms with van der Waals surface area (Å²) in [6.07, 6.45) is 3.70. The maximum Gasteiger partial charge on any atom is 0.0192 e. The van der Waals surface area contributed by atoms with Crippen LogP contribution in [-0.4, -0.2) is 62.2 Å². The summed E-state index contributed by atoms with van der Waals surface area (Å²) in [5.41, 5.74) is 0. The van der Waals surface area contributed by atoms with Gasteiger partial charge in [0.15, 0.2) is 0 Å². The smallest absolute Gasteiger partial charge is 0.0192 e. The largest absolute Gasteiger partial charge is 0.312 e. The molecule has 0 amide bonds. The number of likely N-dealkylation sites (N-methyl/N-ethyl adjacent to an activating group) is 1.